The Morgan fingerprint density at radius 1 is 1.21 bits per heavy atom. The fourth-order valence-corrected chi connectivity index (χ4v) is 4.88. The van der Waals surface area contributed by atoms with Crippen LogP contribution in [0.4, 0.5) is 10.2 Å². The van der Waals surface area contributed by atoms with E-state index in [1.165, 1.54) is 23.9 Å². The zero-order valence-electron chi connectivity index (χ0n) is 17.9. The minimum absolute atomic E-state index is 0.185. The third kappa shape index (κ3) is 4.82. The molecule has 0 amide bonds. The van der Waals surface area contributed by atoms with Gasteiger partial charge in [0.1, 0.15) is 11.6 Å². The molecule has 0 saturated carbocycles. The van der Waals surface area contributed by atoms with Crippen LogP contribution in [-0.2, 0) is 15.3 Å². The van der Waals surface area contributed by atoms with E-state index in [4.69, 9.17) is 16.3 Å². The van der Waals surface area contributed by atoms with E-state index in [0.29, 0.717) is 38.6 Å². The molecule has 2 N–H and O–H groups in total. The van der Waals surface area contributed by atoms with E-state index >= 15 is 0 Å². The van der Waals surface area contributed by atoms with Crippen molar-refractivity contribution in [2.24, 2.45) is 0 Å². The number of ether oxygens (including phenoxy) is 1. The third-order valence-corrected chi connectivity index (χ3v) is 6.53. The molecule has 0 aliphatic carbocycles. The molecule has 1 aliphatic heterocycles. The largest absolute Gasteiger partial charge is 0.463 e. The van der Waals surface area contributed by atoms with Gasteiger partial charge in [-0.1, -0.05) is 53.7 Å². The number of aromatic nitrogens is 2. The molecule has 9 heteroatoms. The lowest BCUT2D eigenvalue weighted by molar-refractivity contribution is -0.138. The van der Waals surface area contributed by atoms with Crippen molar-refractivity contribution in [1.82, 2.24) is 9.97 Å². The number of halogens is 2. The maximum Gasteiger partial charge on any atom is 0.336 e. The topological polar surface area (TPSA) is 84.1 Å². The van der Waals surface area contributed by atoms with Crippen molar-refractivity contribution >= 4 is 35.1 Å². The van der Waals surface area contributed by atoms with Crippen LogP contribution in [0.25, 0.3) is 0 Å². The van der Waals surface area contributed by atoms with Crippen LogP contribution < -0.4 is 10.9 Å². The Bertz CT molecular complexity index is 1290. The normalized spacial score (nSPS) is 15.1. The third-order valence-electron chi connectivity index (χ3n) is 5.24. The second-order valence-corrected chi connectivity index (χ2v) is 8.75. The van der Waals surface area contributed by atoms with Crippen LogP contribution in [0, 0.1) is 5.82 Å². The smallest absolute Gasteiger partial charge is 0.336 e. The predicted octanol–water partition coefficient (Wildman–Crippen LogP) is 5.25. The molecular weight excluding hydrogens is 465 g/mol. The second-order valence-electron chi connectivity index (χ2n) is 7.38. The van der Waals surface area contributed by atoms with Crippen LogP contribution >= 0.6 is 23.4 Å². The number of hydrogen-bond acceptors (Lipinski definition) is 6. The van der Waals surface area contributed by atoms with Crippen LogP contribution in [0.5, 0.6) is 0 Å². The molecule has 33 heavy (non-hydrogen) atoms. The summed E-state index contributed by atoms with van der Waals surface area (Å²) in [5.41, 5.74) is 2.21. The first-order valence-electron chi connectivity index (χ1n) is 10.3. The number of benzene rings is 2. The van der Waals surface area contributed by atoms with Crippen LogP contribution in [0.2, 0.25) is 5.02 Å². The van der Waals surface area contributed by atoms with Crippen LogP contribution in [-0.4, -0.2) is 22.5 Å². The highest BCUT2D eigenvalue weighted by Crippen LogP contribution is 2.40. The summed E-state index contributed by atoms with van der Waals surface area (Å²) in [6, 6.07) is 13.2. The van der Waals surface area contributed by atoms with Gasteiger partial charge in [-0.05, 0) is 43.2 Å². The van der Waals surface area contributed by atoms with Gasteiger partial charge < -0.3 is 15.0 Å². The zero-order valence-corrected chi connectivity index (χ0v) is 19.5. The number of nitrogens with zero attached hydrogens (tertiary/aromatic N) is 1. The van der Waals surface area contributed by atoms with E-state index in [-0.39, 0.29) is 12.2 Å². The Balaban J connectivity index is 1.76. The van der Waals surface area contributed by atoms with E-state index in [1.807, 2.05) is 18.2 Å². The lowest BCUT2D eigenvalue weighted by Gasteiger charge is -2.28. The molecular formula is C24H21ClFN3O3S. The highest BCUT2D eigenvalue weighted by Gasteiger charge is 2.36. The molecule has 4 rings (SSSR count). The van der Waals surface area contributed by atoms with Gasteiger partial charge in [0.2, 0.25) is 0 Å². The van der Waals surface area contributed by atoms with Crippen molar-refractivity contribution in [2.45, 2.75) is 30.7 Å². The van der Waals surface area contributed by atoms with Crippen molar-refractivity contribution in [1.29, 1.82) is 0 Å². The van der Waals surface area contributed by atoms with Gasteiger partial charge in [-0.25, -0.2) is 14.2 Å². The number of nitrogens with one attached hydrogen (secondary N) is 2. The first-order valence-corrected chi connectivity index (χ1v) is 11.7. The Hall–Kier alpha value is -3.10. The van der Waals surface area contributed by atoms with E-state index in [1.54, 1.807) is 32.0 Å². The van der Waals surface area contributed by atoms with E-state index < -0.39 is 23.3 Å². The number of rotatable bonds is 6. The number of allylic oxidation sites excluding steroid dienone is 1. The molecule has 1 atom stereocenters. The first kappa shape index (κ1) is 23.1. The minimum Gasteiger partial charge on any atom is -0.463 e. The van der Waals surface area contributed by atoms with Gasteiger partial charge in [-0.2, -0.15) is 0 Å². The molecule has 1 aliphatic rings. The number of hydrogen-bond donors (Lipinski definition) is 2. The Kier molecular flexibility index (Phi) is 6.85. The monoisotopic (exact) mass is 485 g/mol. The highest BCUT2D eigenvalue weighted by atomic mass is 35.5. The summed E-state index contributed by atoms with van der Waals surface area (Å²) < 4.78 is 18.8. The maximum absolute atomic E-state index is 13.6. The molecule has 0 fully saturated rings. The molecule has 1 unspecified atom stereocenters. The van der Waals surface area contributed by atoms with Crippen molar-refractivity contribution in [2.75, 3.05) is 11.9 Å². The number of anilines is 1. The summed E-state index contributed by atoms with van der Waals surface area (Å²) in [5, 5.41) is 4.14. The molecule has 0 saturated heterocycles. The minimum atomic E-state index is -0.750. The lowest BCUT2D eigenvalue weighted by atomic mass is 9.82. The summed E-state index contributed by atoms with van der Waals surface area (Å²) in [4.78, 5) is 33.4. The molecule has 0 radical (unpaired) electrons. The SMILES string of the molecule is CCOC(=O)C1=C(C)Nc2nc(SCc3ccccc3Cl)[nH]c(=O)c2C1c1ccc(F)cc1. The number of aromatic amines is 1. The van der Waals surface area contributed by atoms with E-state index in [0.717, 1.165) is 5.56 Å². The summed E-state index contributed by atoms with van der Waals surface area (Å²) in [7, 11) is 0. The van der Waals surface area contributed by atoms with Gasteiger partial charge in [0.05, 0.1) is 23.7 Å². The van der Waals surface area contributed by atoms with Gasteiger partial charge >= 0.3 is 5.97 Å². The molecule has 0 bridgehead atoms. The molecule has 6 nitrogen and oxygen atoms in total. The number of thioether (sulfide) groups is 1. The molecule has 1 aromatic heterocycles. The summed E-state index contributed by atoms with van der Waals surface area (Å²) in [5.74, 6) is -0.838. The van der Waals surface area contributed by atoms with E-state index in [9.17, 15) is 14.0 Å². The van der Waals surface area contributed by atoms with Crippen molar-refractivity contribution in [3.8, 4) is 0 Å². The Morgan fingerprint density at radius 3 is 2.64 bits per heavy atom. The van der Waals surface area contributed by atoms with Gasteiger partial charge in [0, 0.05) is 16.5 Å². The zero-order chi connectivity index (χ0) is 23.5. The number of fused-ring (bicyclic) bond motifs is 1. The first-order chi connectivity index (χ1) is 15.9. The lowest BCUT2D eigenvalue weighted by Crippen LogP contribution is -2.31. The molecule has 3 aromatic rings. The van der Waals surface area contributed by atoms with Crippen molar-refractivity contribution < 1.29 is 13.9 Å². The van der Waals surface area contributed by atoms with Gasteiger partial charge in [-0.15, -0.1) is 0 Å². The van der Waals surface area contributed by atoms with Crippen molar-refractivity contribution in [3.05, 3.63) is 97.7 Å². The van der Waals surface area contributed by atoms with Crippen LogP contribution in [0.3, 0.4) is 0 Å². The fourth-order valence-electron chi connectivity index (χ4n) is 3.73. The van der Waals surface area contributed by atoms with Crippen molar-refractivity contribution in [3.63, 3.8) is 0 Å². The number of H-pyrrole nitrogens is 1. The predicted molar refractivity (Wildman–Crippen MR) is 127 cm³/mol. The summed E-state index contributed by atoms with van der Waals surface area (Å²) >= 11 is 7.57. The average molecular weight is 486 g/mol. The van der Waals surface area contributed by atoms with Crippen LogP contribution in [0.1, 0.15) is 36.5 Å². The average Bonchev–Trinajstić information content (AvgIpc) is 2.78. The molecule has 2 aromatic carbocycles. The summed E-state index contributed by atoms with van der Waals surface area (Å²) in [6.07, 6.45) is 0. The molecule has 0 spiro atoms. The number of esters is 1. The number of carbonyl (C=O) groups excluding carboxylic acids is 1. The molecule has 170 valence electrons. The Labute approximate surface area is 199 Å². The quantitative estimate of drug-likeness (QED) is 0.282. The van der Waals surface area contributed by atoms with Gasteiger partial charge in [0.15, 0.2) is 5.16 Å². The van der Waals surface area contributed by atoms with Gasteiger partial charge in [0.25, 0.3) is 5.56 Å². The molecule has 2 heterocycles. The second kappa shape index (κ2) is 9.80. The van der Waals surface area contributed by atoms with Crippen LogP contribution in [0.15, 0.2) is 69.8 Å². The number of carbonyl (C=O) groups is 1. The van der Waals surface area contributed by atoms with Gasteiger partial charge in [-0.3, -0.25) is 4.79 Å². The Morgan fingerprint density at radius 2 is 1.94 bits per heavy atom. The standard InChI is InChI=1S/C24H21ClFN3O3S/c1-3-32-23(31)18-13(2)27-21-20(19(18)14-8-10-16(26)11-9-14)22(30)29-24(28-21)33-12-15-6-4-5-7-17(15)25/h4-11,19H,3,12H2,1-2H3,(H2,27,28,29,30). The fraction of sp³-hybridized carbons (Fsp3) is 0.208. The highest BCUT2D eigenvalue weighted by molar-refractivity contribution is 7.98. The van der Waals surface area contributed by atoms with E-state index in [2.05, 4.69) is 15.3 Å². The summed E-state index contributed by atoms with van der Waals surface area (Å²) in [6.45, 7) is 3.62. The maximum atomic E-state index is 13.6.